The summed E-state index contributed by atoms with van der Waals surface area (Å²) in [6, 6.07) is 0. The Morgan fingerprint density at radius 3 is 2.87 bits per heavy atom. The van der Waals surface area contributed by atoms with Gasteiger partial charge in [0, 0.05) is 37.1 Å². The summed E-state index contributed by atoms with van der Waals surface area (Å²) in [5.41, 5.74) is 5.89. The molecule has 2 rings (SSSR count). The van der Waals surface area contributed by atoms with Crippen LogP contribution in [0.15, 0.2) is 0 Å². The van der Waals surface area contributed by atoms with Crippen molar-refractivity contribution in [1.82, 2.24) is 4.90 Å². The van der Waals surface area contributed by atoms with E-state index < -0.39 is 0 Å². The van der Waals surface area contributed by atoms with Crippen LogP contribution in [-0.2, 0) is 0 Å². The zero-order valence-corrected chi connectivity index (χ0v) is 10.3. The van der Waals surface area contributed by atoms with Gasteiger partial charge in [-0.15, -0.1) is 0 Å². The Morgan fingerprint density at radius 2 is 2.33 bits per heavy atom. The van der Waals surface area contributed by atoms with E-state index >= 15 is 0 Å². The van der Waals surface area contributed by atoms with Gasteiger partial charge >= 0.3 is 0 Å². The Labute approximate surface area is 96.3 Å². The lowest BCUT2D eigenvalue weighted by Crippen LogP contribution is -2.41. The lowest BCUT2D eigenvalue weighted by Gasteiger charge is -2.33. The monoisotopic (exact) mass is 227 g/mol. The van der Waals surface area contributed by atoms with Crippen molar-refractivity contribution in [2.75, 3.05) is 25.4 Å². The number of rotatable bonds is 4. The van der Waals surface area contributed by atoms with Gasteiger partial charge in [0.1, 0.15) is 0 Å². The van der Waals surface area contributed by atoms with E-state index in [1.165, 1.54) is 31.7 Å². The van der Waals surface area contributed by atoms with Crippen LogP contribution in [0.5, 0.6) is 0 Å². The summed E-state index contributed by atoms with van der Waals surface area (Å²) in [4.78, 5) is 2.57. The zero-order valence-electron chi connectivity index (χ0n) is 9.46. The number of hydrogen-bond donors (Lipinski definition) is 2. The molecule has 0 aromatic heterocycles. The van der Waals surface area contributed by atoms with E-state index in [9.17, 15) is 0 Å². The molecule has 0 amide bonds. The molecule has 1 heterocycles. The third kappa shape index (κ3) is 3.11. The molecular formula is C11H21N3S. The summed E-state index contributed by atoms with van der Waals surface area (Å²) in [7, 11) is 0. The van der Waals surface area contributed by atoms with Crippen LogP contribution in [0, 0.1) is 10.8 Å². The van der Waals surface area contributed by atoms with Crippen molar-refractivity contribution in [3.05, 3.63) is 0 Å². The molecular weight excluding hydrogens is 206 g/mol. The summed E-state index contributed by atoms with van der Waals surface area (Å²) in [6.45, 7) is 5.90. The number of nitrogens with one attached hydrogen (secondary N) is 1. The standard InChI is InChI=1S/C11H21N3S/c1-9-7-14(4-5-15-9)8-11(2-3-11)6-10(12)13/h9H,2-8H2,1H3,(H3,12,13). The third-order valence-electron chi connectivity index (χ3n) is 3.41. The van der Waals surface area contributed by atoms with Gasteiger partial charge in [0.15, 0.2) is 0 Å². The van der Waals surface area contributed by atoms with Crippen molar-refractivity contribution in [3.63, 3.8) is 0 Å². The van der Waals surface area contributed by atoms with Crippen LogP contribution in [0.2, 0.25) is 0 Å². The highest BCUT2D eigenvalue weighted by atomic mass is 32.2. The molecule has 1 saturated heterocycles. The first kappa shape index (κ1) is 11.3. The lowest BCUT2D eigenvalue weighted by molar-refractivity contribution is 0.231. The second-order valence-corrected chi connectivity index (χ2v) is 6.66. The largest absolute Gasteiger partial charge is 0.388 e. The van der Waals surface area contributed by atoms with Crippen molar-refractivity contribution >= 4 is 17.6 Å². The molecule has 2 aliphatic rings. The summed E-state index contributed by atoms with van der Waals surface area (Å²) in [5.74, 6) is 1.63. The van der Waals surface area contributed by atoms with E-state index in [0.29, 0.717) is 11.3 Å². The van der Waals surface area contributed by atoms with Gasteiger partial charge in [-0.1, -0.05) is 6.92 Å². The van der Waals surface area contributed by atoms with Gasteiger partial charge in [0.25, 0.3) is 0 Å². The van der Waals surface area contributed by atoms with Crippen LogP contribution in [0.25, 0.3) is 0 Å². The molecule has 4 heteroatoms. The molecule has 0 bridgehead atoms. The highest BCUT2D eigenvalue weighted by Crippen LogP contribution is 2.49. The van der Waals surface area contributed by atoms with E-state index in [-0.39, 0.29) is 0 Å². The molecule has 86 valence electrons. The van der Waals surface area contributed by atoms with Crippen LogP contribution in [-0.4, -0.2) is 41.4 Å². The van der Waals surface area contributed by atoms with Crippen LogP contribution in [0.3, 0.4) is 0 Å². The van der Waals surface area contributed by atoms with Crippen molar-refractivity contribution in [3.8, 4) is 0 Å². The van der Waals surface area contributed by atoms with Crippen LogP contribution < -0.4 is 5.73 Å². The normalized spacial score (nSPS) is 30.1. The SMILES string of the molecule is CC1CN(CC2(CC(=N)N)CC2)CCS1. The third-order valence-corrected chi connectivity index (χ3v) is 4.54. The maximum atomic E-state index is 7.40. The Balaban J connectivity index is 1.83. The zero-order chi connectivity index (χ0) is 10.9. The number of hydrogen-bond acceptors (Lipinski definition) is 3. The van der Waals surface area contributed by atoms with Gasteiger partial charge in [-0.05, 0) is 18.3 Å². The molecule has 1 atom stereocenters. The fraction of sp³-hybridized carbons (Fsp3) is 0.909. The Kier molecular flexibility index (Phi) is 3.26. The summed E-state index contributed by atoms with van der Waals surface area (Å²) in [6.07, 6.45) is 3.35. The Morgan fingerprint density at radius 1 is 1.60 bits per heavy atom. The minimum atomic E-state index is 0.368. The van der Waals surface area contributed by atoms with E-state index in [2.05, 4.69) is 23.6 Å². The summed E-state index contributed by atoms with van der Waals surface area (Å²) < 4.78 is 0. The quantitative estimate of drug-likeness (QED) is 0.566. The lowest BCUT2D eigenvalue weighted by atomic mass is 10.0. The smallest absolute Gasteiger partial charge is 0.0911 e. The van der Waals surface area contributed by atoms with Crippen LogP contribution in [0.1, 0.15) is 26.2 Å². The van der Waals surface area contributed by atoms with Gasteiger partial charge in [0.2, 0.25) is 0 Å². The maximum absolute atomic E-state index is 7.40. The average molecular weight is 227 g/mol. The predicted molar refractivity (Wildman–Crippen MR) is 66.6 cm³/mol. The second kappa shape index (κ2) is 4.34. The molecule has 2 fully saturated rings. The van der Waals surface area contributed by atoms with Crippen molar-refractivity contribution in [2.24, 2.45) is 11.1 Å². The van der Waals surface area contributed by atoms with E-state index in [1.807, 2.05) is 0 Å². The molecule has 1 unspecified atom stereocenters. The molecule has 0 spiro atoms. The maximum Gasteiger partial charge on any atom is 0.0911 e. The summed E-state index contributed by atoms with van der Waals surface area (Å²) >= 11 is 2.07. The average Bonchev–Trinajstić information content (AvgIpc) is 2.83. The fourth-order valence-electron chi connectivity index (χ4n) is 2.48. The molecule has 1 aliphatic heterocycles. The molecule has 1 aliphatic carbocycles. The highest BCUT2D eigenvalue weighted by Gasteiger charge is 2.44. The van der Waals surface area contributed by atoms with Crippen LogP contribution >= 0.6 is 11.8 Å². The fourth-order valence-corrected chi connectivity index (χ4v) is 3.56. The van der Waals surface area contributed by atoms with Crippen LogP contribution in [0.4, 0.5) is 0 Å². The van der Waals surface area contributed by atoms with Crippen molar-refractivity contribution in [1.29, 1.82) is 5.41 Å². The van der Waals surface area contributed by atoms with Gasteiger partial charge in [-0.25, -0.2) is 0 Å². The second-order valence-electron chi connectivity index (χ2n) is 5.12. The summed E-state index contributed by atoms with van der Waals surface area (Å²) in [5, 5.41) is 8.17. The topological polar surface area (TPSA) is 53.1 Å². The minimum absolute atomic E-state index is 0.368. The van der Waals surface area contributed by atoms with Crippen molar-refractivity contribution < 1.29 is 0 Å². The molecule has 0 aromatic carbocycles. The van der Waals surface area contributed by atoms with Gasteiger partial charge in [-0.2, -0.15) is 11.8 Å². The van der Waals surface area contributed by atoms with Gasteiger partial charge < -0.3 is 10.6 Å². The van der Waals surface area contributed by atoms with Crippen molar-refractivity contribution in [2.45, 2.75) is 31.4 Å². The Bertz CT molecular complexity index is 250. The first-order chi connectivity index (χ1) is 7.10. The molecule has 0 aromatic rings. The minimum Gasteiger partial charge on any atom is -0.388 e. The highest BCUT2D eigenvalue weighted by molar-refractivity contribution is 7.99. The number of thioether (sulfide) groups is 1. The molecule has 3 N–H and O–H groups in total. The molecule has 3 nitrogen and oxygen atoms in total. The Hall–Kier alpha value is -0.220. The van der Waals surface area contributed by atoms with Gasteiger partial charge in [-0.3, -0.25) is 5.41 Å². The number of amidine groups is 1. The molecule has 0 radical (unpaired) electrons. The van der Waals surface area contributed by atoms with E-state index in [4.69, 9.17) is 11.1 Å². The number of nitrogens with two attached hydrogens (primary N) is 1. The first-order valence-corrected chi connectivity index (χ1v) is 6.81. The predicted octanol–water partition coefficient (Wildman–Crippen LogP) is 1.53. The molecule has 1 saturated carbocycles. The van der Waals surface area contributed by atoms with E-state index in [1.54, 1.807) is 0 Å². The molecule has 15 heavy (non-hydrogen) atoms. The number of nitrogens with zero attached hydrogens (tertiary/aromatic N) is 1. The van der Waals surface area contributed by atoms with Gasteiger partial charge in [0.05, 0.1) is 5.84 Å². The van der Waals surface area contributed by atoms with E-state index in [0.717, 1.165) is 18.2 Å². The first-order valence-electron chi connectivity index (χ1n) is 5.77.